The summed E-state index contributed by atoms with van der Waals surface area (Å²) in [5.41, 5.74) is 1.00. The largest absolute Gasteiger partial charge is 0.494 e. The Morgan fingerprint density at radius 2 is 1.82 bits per heavy atom. The van der Waals surface area contributed by atoms with Gasteiger partial charge in [0.05, 0.1) is 31.3 Å². The minimum atomic E-state index is -3.83. The molecule has 1 aromatic carbocycles. The molecule has 0 radical (unpaired) electrons. The second kappa shape index (κ2) is 9.51. The molecule has 0 fully saturated rings. The molecule has 0 amide bonds. The van der Waals surface area contributed by atoms with E-state index in [1.165, 1.54) is 31.2 Å². The summed E-state index contributed by atoms with van der Waals surface area (Å²) in [5.74, 6) is 1.22. The Morgan fingerprint density at radius 1 is 1.06 bits per heavy atom. The molecular weight excluding hydrogens is 470 g/mol. The predicted molar refractivity (Wildman–Crippen MR) is 123 cm³/mol. The Hall–Kier alpha value is -3.57. The maximum Gasteiger partial charge on any atom is 0.243 e. The lowest BCUT2D eigenvalue weighted by Crippen LogP contribution is -2.21. The second-order valence-electron chi connectivity index (χ2n) is 6.81. The molecule has 0 aliphatic rings. The summed E-state index contributed by atoms with van der Waals surface area (Å²) < 4.78 is 46.3. The van der Waals surface area contributed by atoms with Crippen LogP contribution >= 0.6 is 11.6 Å². The van der Waals surface area contributed by atoms with Crippen molar-refractivity contribution in [3.8, 4) is 28.8 Å². The van der Waals surface area contributed by atoms with Gasteiger partial charge in [0, 0.05) is 18.3 Å². The summed E-state index contributed by atoms with van der Waals surface area (Å²) in [6.45, 7) is 0. The Kier molecular flexibility index (Phi) is 6.52. The van der Waals surface area contributed by atoms with Crippen molar-refractivity contribution in [1.82, 2.24) is 19.7 Å². The molecule has 0 atom stereocenters. The van der Waals surface area contributed by atoms with Gasteiger partial charge in [0.15, 0.2) is 5.76 Å². The van der Waals surface area contributed by atoms with Gasteiger partial charge in [-0.15, -0.1) is 10.2 Å². The maximum atomic E-state index is 12.9. The molecule has 0 aliphatic heterocycles. The third-order valence-electron chi connectivity index (χ3n) is 4.69. The predicted octanol–water partition coefficient (Wildman–Crippen LogP) is 3.58. The number of methoxy groups -OCH3 is 2. The average molecular weight is 490 g/mol. The molecule has 10 nitrogen and oxygen atoms in total. The van der Waals surface area contributed by atoms with Crippen LogP contribution in [0, 0.1) is 0 Å². The summed E-state index contributed by atoms with van der Waals surface area (Å²) in [7, 11) is -0.830. The molecule has 0 unspecified atom stereocenters. The van der Waals surface area contributed by atoms with Gasteiger partial charge >= 0.3 is 0 Å². The van der Waals surface area contributed by atoms with Crippen molar-refractivity contribution in [1.29, 1.82) is 0 Å². The molecular formula is C21H20ClN5O5S. The Morgan fingerprint density at radius 3 is 2.42 bits per heavy atom. The van der Waals surface area contributed by atoms with Crippen molar-refractivity contribution >= 4 is 27.6 Å². The van der Waals surface area contributed by atoms with Gasteiger partial charge in [-0.3, -0.25) is 14.3 Å². The third-order valence-corrected chi connectivity index (χ3v) is 6.15. The molecule has 33 heavy (non-hydrogen) atoms. The number of furan rings is 1. The number of aryl methyl sites for hydroxylation is 1. The SMILES string of the molecule is COc1cccc(OC)c1-n1c(NS(=O)(=O)CCc2ccc(Cl)cn2)nnc1-c1ccco1. The summed E-state index contributed by atoms with van der Waals surface area (Å²) in [6.07, 6.45) is 3.14. The molecule has 4 rings (SSSR count). The molecule has 4 aromatic rings. The number of hydrogen-bond acceptors (Lipinski definition) is 8. The van der Waals surface area contributed by atoms with Crippen LogP contribution in [0.25, 0.3) is 17.3 Å². The number of benzene rings is 1. The van der Waals surface area contributed by atoms with E-state index < -0.39 is 10.0 Å². The van der Waals surface area contributed by atoms with Gasteiger partial charge in [0.25, 0.3) is 0 Å². The van der Waals surface area contributed by atoms with Crippen LogP contribution in [0.15, 0.2) is 59.3 Å². The van der Waals surface area contributed by atoms with Crippen LogP contribution < -0.4 is 14.2 Å². The van der Waals surface area contributed by atoms with Gasteiger partial charge in [0.1, 0.15) is 17.2 Å². The van der Waals surface area contributed by atoms with Gasteiger partial charge in [-0.05, 0) is 36.4 Å². The number of rotatable bonds is 9. The topological polar surface area (TPSA) is 121 Å². The summed E-state index contributed by atoms with van der Waals surface area (Å²) in [5, 5.41) is 8.70. The van der Waals surface area contributed by atoms with E-state index in [2.05, 4.69) is 19.9 Å². The van der Waals surface area contributed by atoms with Crippen LogP contribution in [0.4, 0.5) is 5.95 Å². The third kappa shape index (κ3) is 4.94. The first-order valence-electron chi connectivity index (χ1n) is 9.73. The standard InChI is InChI=1S/C21H20ClN5O5S/c1-30-16-5-3-6-17(31-2)19(16)27-20(18-7-4-11-32-18)24-25-21(27)26-33(28,29)12-10-15-9-8-14(22)13-23-15/h3-9,11,13H,10,12H2,1-2H3,(H,25,26). The number of nitrogens with zero attached hydrogens (tertiary/aromatic N) is 4. The van der Waals surface area contributed by atoms with Crippen LogP contribution in [0.5, 0.6) is 11.5 Å². The molecule has 0 saturated heterocycles. The highest BCUT2D eigenvalue weighted by molar-refractivity contribution is 7.92. The summed E-state index contributed by atoms with van der Waals surface area (Å²) in [6, 6.07) is 11.9. The normalized spacial score (nSPS) is 11.4. The first-order valence-corrected chi connectivity index (χ1v) is 11.8. The van der Waals surface area contributed by atoms with Gasteiger partial charge in [-0.1, -0.05) is 17.7 Å². The zero-order valence-corrected chi connectivity index (χ0v) is 19.3. The first-order chi connectivity index (χ1) is 15.9. The van der Waals surface area contributed by atoms with Crippen molar-refractivity contribution in [2.75, 3.05) is 24.7 Å². The van der Waals surface area contributed by atoms with Crippen LogP contribution in [-0.2, 0) is 16.4 Å². The first kappa shape index (κ1) is 22.6. The smallest absolute Gasteiger partial charge is 0.243 e. The lowest BCUT2D eigenvalue weighted by Gasteiger charge is -2.17. The van der Waals surface area contributed by atoms with E-state index in [0.29, 0.717) is 33.7 Å². The fourth-order valence-corrected chi connectivity index (χ4v) is 4.26. The Balaban J connectivity index is 1.73. The molecule has 3 heterocycles. The highest BCUT2D eigenvalue weighted by Crippen LogP contribution is 2.37. The fraction of sp³-hybridized carbons (Fsp3) is 0.190. The van der Waals surface area contributed by atoms with E-state index in [1.807, 2.05) is 0 Å². The molecule has 0 spiro atoms. The van der Waals surface area contributed by atoms with Gasteiger partial charge in [-0.2, -0.15) is 0 Å². The maximum absolute atomic E-state index is 12.9. The highest BCUT2D eigenvalue weighted by Gasteiger charge is 2.26. The van der Waals surface area contributed by atoms with Crippen LogP contribution in [0.3, 0.4) is 0 Å². The monoisotopic (exact) mass is 489 g/mol. The summed E-state index contributed by atoms with van der Waals surface area (Å²) >= 11 is 5.84. The van der Waals surface area contributed by atoms with E-state index in [4.69, 9.17) is 25.5 Å². The molecule has 0 saturated carbocycles. The van der Waals surface area contributed by atoms with Crippen LogP contribution in [-0.4, -0.2) is 48.1 Å². The zero-order valence-electron chi connectivity index (χ0n) is 17.7. The Labute approximate surface area is 195 Å². The molecule has 172 valence electrons. The number of ether oxygens (including phenoxy) is 2. The Bertz CT molecular complexity index is 1320. The number of halogens is 1. The van der Waals surface area contributed by atoms with E-state index >= 15 is 0 Å². The fourth-order valence-electron chi connectivity index (χ4n) is 3.16. The quantitative estimate of drug-likeness (QED) is 0.378. The molecule has 12 heteroatoms. The van der Waals surface area contributed by atoms with Crippen molar-refractivity contribution in [3.05, 3.63) is 65.6 Å². The number of nitrogens with one attached hydrogen (secondary N) is 1. The van der Waals surface area contributed by atoms with Crippen LogP contribution in [0.2, 0.25) is 5.02 Å². The molecule has 3 aromatic heterocycles. The van der Waals surface area contributed by atoms with Gasteiger partial charge in [-0.25, -0.2) is 8.42 Å². The van der Waals surface area contributed by atoms with Gasteiger partial charge < -0.3 is 13.9 Å². The van der Waals surface area contributed by atoms with Crippen molar-refractivity contribution in [2.24, 2.45) is 0 Å². The lowest BCUT2D eigenvalue weighted by atomic mass is 10.2. The van der Waals surface area contributed by atoms with Gasteiger partial charge in [0.2, 0.25) is 21.8 Å². The van der Waals surface area contributed by atoms with E-state index in [0.717, 1.165) is 0 Å². The minimum Gasteiger partial charge on any atom is -0.494 e. The highest BCUT2D eigenvalue weighted by atomic mass is 35.5. The van der Waals surface area contributed by atoms with Crippen molar-refractivity contribution in [3.63, 3.8) is 0 Å². The number of sulfonamides is 1. The van der Waals surface area contributed by atoms with E-state index in [-0.39, 0.29) is 23.9 Å². The molecule has 1 N–H and O–H groups in total. The lowest BCUT2D eigenvalue weighted by molar-refractivity contribution is 0.391. The van der Waals surface area contributed by atoms with Crippen molar-refractivity contribution in [2.45, 2.75) is 6.42 Å². The number of aromatic nitrogens is 4. The minimum absolute atomic E-state index is 0.0479. The molecule has 0 aliphatic carbocycles. The average Bonchev–Trinajstić information content (AvgIpc) is 3.48. The van der Waals surface area contributed by atoms with E-state index in [1.54, 1.807) is 42.5 Å². The zero-order chi connectivity index (χ0) is 23.4. The second-order valence-corrected chi connectivity index (χ2v) is 9.09. The number of hydrogen-bond donors (Lipinski definition) is 1. The summed E-state index contributed by atoms with van der Waals surface area (Å²) in [4.78, 5) is 4.13. The van der Waals surface area contributed by atoms with Crippen molar-refractivity contribution < 1.29 is 22.3 Å². The number of anilines is 1. The number of para-hydroxylation sites is 1. The molecule has 0 bridgehead atoms. The van der Waals surface area contributed by atoms with E-state index in [9.17, 15) is 8.42 Å². The number of pyridine rings is 1. The van der Waals surface area contributed by atoms with Crippen LogP contribution in [0.1, 0.15) is 5.69 Å².